The van der Waals surface area contributed by atoms with Crippen LogP contribution in [0, 0.1) is 12.3 Å². The minimum absolute atomic E-state index is 0.170. The highest BCUT2D eigenvalue weighted by Crippen LogP contribution is 2.21. The Hall–Kier alpha value is -2.04. The predicted molar refractivity (Wildman–Crippen MR) is 83.2 cm³/mol. The van der Waals surface area contributed by atoms with Crippen LogP contribution in [0.1, 0.15) is 32.8 Å². The van der Waals surface area contributed by atoms with E-state index in [0.717, 1.165) is 11.3 Å². The van der Waals surface area contributed by atoms with Crippen molar-refractivity contribution in [2.45, 2.75) is 34.1 Å². The van der Waals surface area contributed by atoms with Gasteiger partial charge in [0.05, 0.1) is 12.0 Å². The zero-order chi connectivity index (χ0) is 15.9. The van der Waals surface area contributed by atoms with Gasteiger partial charge in [-0.05, 0) is 38.8 Å². The van der Waals surface area contributed by atoms with Crippen molar-refractivity contribution in [2.75, 3.05) is 18.5 Å². The van der Waals surface area contributed by atoms with Crippen molar-refractivity contribution < 1.29 is 14.3 Å². The Morgan fingerprint density at radius 1 is 1.24 bits per heavy atom. The molecule has 0 saturated heterocycles. The summed E-state index contributed by atoms with van der Waals surface area (Å²) in [6.45, 7) is 7.99. The van der Waals surface area contributed by atoms with Gasteiger partial charge in [0.1, 0.15) is 6.61 Å². The zero-order valence-corrected chi connectivity index (χ0v) is 13.2. The Morgan fingerprint density at radius 2 is 1.90 bits per heavy atom. The third-order valence-electron chi connectivity index (χ3n) is 3.45. The van der Waals surface area contributed by atoms with Crippen molar-refractivity contribution in [3.8, 4) is 0 Å². The van der Waals surface area contributed by atoms with E-state index in [4.69, 9.17) is 4.74 Å². The molecule has 0 bridgehead atoms. The molecule has 0 aliphatic rings. The largest absolute Gasteiger partial charge is 0.463 e. The number of ether oxygens (including phenoxy) is 1. The van der Waals surface area contributed by atoms with E-state index < -0.39 is 5.41 Å². The quantitative estimate of drug-likeness (QED) is 0.625. The SMILES string of the molecule is CCC(C)(C)C(=O)OCCNC(=O)Nc1ccccc1C. The van der Waals surface area contributed by atoms with E-state index in [1.165, 1.54) is 0 Å². The lowest BCUT2D eigenvalue weighted by Gasteiger charge is -2.20. The van der Waals surface area contributed by atoms with E-state index in [1.807, 2.05) is 52.0 Å². The van der Waals surface area contributed by atoms with Crippen LogP contribution >= 0.6 is 0 Å². The summed E-state index contributed by atoms with van der Waals surface area (Å²) >= 11 is 0. The lowest BCUT2D eigenvalue weighted by Crippen LogP contribution is -2.34. The molecule has 0 spiro atoms. The highest BCUT2D eigenvalue weighted by atomic mass is 16.5. The number of carbonyl (C=O) groups is 2. The Bertz CT molecular complexity index is 498. The van der Waals surface area contributed by atoms with E-state index in [-0.39, 0.29) is 25.2 Å². The van der Waals surface area contributed by atoms with E-state index in [2.05, 4.69) is 10.6 Å². The van der Waals surface area contributed by atoms with Crippen LogP contribution in [-0.4, -0.2) is 25.2 Å². The van der Waals surface area contributed by atoms with Gasteiger partial charge in [0, 0.05) is 5.69 Å². The van der Waals surface area contributed by atoms with Gasteiger partial charge in [-0.25, -0.2) is 4.79 Å². The third kappa shape index (κ3) is 5.45. The highest BCUT2D eigenvalue weighted by molar-refractivity contribution is 5.90. The lowest BCUT2D eigenvalue weighted by molar-refractivity contribution is -0.153. The molecule has 1 rings (SSSR count). The lowest BCUT2D eigenvalue weighted by atomic mass is 9.91. The second-order valence-electron chi connectivity index (χ2n) is 5.57. The summed E-state index contributed by atoms with van der Waals surface area (Å²) in [4.78, 5) is 23.4. The Kier molecular flexibility index (Phi) is 6.21. The number of nitrogens with one attached hydrogen (secondary N) is 2. The molecule has 0 atom stereocenters. The van der Waals surface area contributed by atoms with Crippen LogP contribution in [-0.2, 0) is 9.53 Å². The summed E-state index contributed by atoms with van der Waals surface area (Å²) in [5, 5.41) is 5.41. The Labute approximate surface area is 126 Å². The number of para-hydroxylation sites is 1. The molecule has 21 heavy (non-hydrogen) atoms. The van der Waals surface area contributed by atoms with E-state index in [0.29, 0.717) is 6.42 Å². The number of aryl methyl sites for hydroxylation is 1. The smallest absolute Gasteiger partial charge is 0.319 e. The monoisotopic (exact) mass is 292 g/mol. The molecule has 0 heterocycles. The fourth-order valence-corrected chi connectivity index (χ4v) is 1.53. The number of hydrogen-bond donors (Lipinski definition) is 2. The van der Waals surface area contributed by atoms with Crippen LogP contribution < -0.4 is 10.6 Å². The van der Waals surface area contributed by atoms with Crippen molar-refractivity contribution in [3.63, 3.8) is 0 Å². The minimum Gasteiger partial charge on any atom is -0.463 e. The summed E-state index contributed by atoms with van der Waals surface area (Å²) in [5.41, 5.74) is 1.27. The average Bonchev–Trinajstić information content (AvgIpc) is 2.45. The highest BCUT2D eigenvalue weighted by Gasteiger charge is 2.26. The van der Waals surface area contributed by atoms with Crippen LogP contribution in [0.2, 0.25) is 0 Å². The van der Waals surface area contributed by atoms with Gasteiger partial charge in [-0.3, -0.25) is 4.79 Å². The topological polar surface area (TPSA) is 67.4 Å². The van der Waals surface area contributed by atoms with Crippen molar-refractivity contribution in [3.05, 3.63) is 29.8 Å². The van der Waals surface area contributed by atoms with Crippen LogP contribution in [0.3, 0.4) is 0 Å². The Morgan fingerprint density at radius 3 is 2.52 bits per heavy atom. The second kappa shape index (κ2) is 7.67. The first-order valence-electron chi connectivity index (χ1n) is 7.14. The first-order valence-corrected chi connectivity index (χ1v) is 7.14. The average molecular weight is 292 g/mol. The number of urea groups is 1. The van der Waals surface area contributed by atoms with Crippen LogP contribution in [0.5, 0.6) is 0 Å². The van der Waals surface area contributed by atoms with Crippen molar-refractivity contribution in [2.24, 2.45) is 5.41 Å². The van der Waals surface area contributed by atoms with Gasteiger partial charge in [-0.15, -0.1) is 0 Å². The molecule has 1 aromatic rings. The van der Waals surface area contributed by atoms with E-state index in [1.54, 1.807) is 0 Å². The van der Waals surface area contributed by atoms with E-state index in [9.17, 15) is 9.59 Å². The number of esters is 1. The molecule has 5 nitrogen and oxygen atoms in total. The second-order valence-corrected chi connectivity index (χ2v) is 5.57. The molecule has 2 amide bonds. The van der Waals surface area contributed by atoms with Gasteiger partial charge in [0.2, 0.25) is 0 Å². The van der Waals surface area contributed by atoms with Gasteiger partial charge in [0.25, 0.3) is 0 Å². The van der Waals surface area contributed by atoms with Crippen LogP contribution in [0.25, 0.3) is 0 Å². The van der Waals surface area contributed by atoms with Gasteiger partial charge in [-0.1, -0.05) is 25.1 Å². The van der Waals surface area contributed by atoms with Gasteiger partial charge >= 0.3 is 12.0 Å². The van der Waals surface area contributed by atoms with Crippen molar-refractivity contribution >= 4 is 17.7 Å². The molecular formula is C16H24N2O3. The van der Waals surface area contributed by atoms with Crippen LogP contribution in [0.4, 0.5) is 10.5 Å². The number of benzene rings is 1. The molecule has 0 saturated carbocycles. The maximum atomic E-state index is 11.7. The maximum Gasteiger partial charge on any atom is 0.319 e. The number of amides is 2. The molecule has 0 aromatic heterocycles. The van der Waals surface area contributed by atoms with E-state index >= 15 is 0 Å². The third-order valence-corrected chi connectivity index (χ3v) is 3.45. The maximum absolute atomic E-state index is 11.7. The van der Waals surface area contributed by atoms with Crippen molar-refractivity contribution in [1.82, 2.24) is 5.32 Å². The molecular weight excluding hydrogens is 268 g/mol. The van der Waals surface area contributed by atoms with Crippen LogP contribution in [0.15, 0.2) is 24.3 Å². The molecule has 0 fully saturated rings. The number of rotatable bonds is 6. The molecule has 2 N–H and O–H groups in total. The summed E-state index contributed by atoms with van der Waals surface area (Å²) in [5.74, 6) is -0.244. The molecule has 0 aliphatic carbocycles. The standard InChI is InChI=1S/C16H24N2O3/c1-5-16(3,4)14(19)21-11-10-17-15(20)18-13-9-7-6-8-12(13)2/h6-9H,5,10-11H2,1-4H3,(H2,17,18,20). The minimum atomic E-state index is -0.483. The molecule has 116 valence electrons. The molecule has 0 radical (unpaired) electrons. The molecule has 1 aromatic carbocycles. The number of carbonyl (C=O) groups excluding carboxylic acids is 2. The van der Waals surface area contributed by atoms with Gasteiger partial charge in [0.15, 0.2) is 0 Å². The Balaban J connectivity index is 2.29. The summed E-state index contributed by atoms with van der Waals surface area (Å²) in [6, 6.07) is 7.21. The van der Waals surface area contributed by atoms with Gasteiger partial charge in [-0.2, -0.15) is 0 Å². The fraction of sp³-hybridized carbons (Fsp3) is 0.500. The summed E-state index contributed by atoms with van der Waals surface area (Å²) in [6.07, 6.45) is 0.715. The van der Waals surface area contributed by atoms with Gasteiger partial charge < -0.3 is 15.4 Å². The summed E-state index contributed by atoms with van der Waals surface area (Å²) < 4.78 is 5.14. The number of hydrogen-bond acceptors (Lipinski definition) is 3. The fourth-order valence-electron chi connectivity index (χ4n) is 1.53. The van der Waals surface area contributed by atoms with Crippen molar-refractivity contribution in [1.29, 1.82) is 0 Å². The summed E-state index contributed by atoms with van der Waals surface area (Å²) in [7, 11) is 0. The molecule has 0 unspecified atom stereocenters. The molecule has 5 heteroatoms. The molecule has 0 aliphatic heterocycles. The first kappa shape index (κ1) is 17.0. The normalized spacial score (nSPS) is 10.9. The predicted octanol–water partition coefficient (Wildman–Crippen LogP) is 3.10. The first-order chi connectivity index (χ1) is 9.86. The number of anilines is 1. The zero-order valence-electron chi connectivity index (χ0n) is 13.2.